The van der Waals surface area contributed by atoms with Crippen molar-refractivity contribution in [2.24, 2.45) is 17.1 Å². The number of nitrogens with zero attached hydrogens (tertiary/aromatic N) is 2. The molecule has 112 valence electrons. The fourth-order valence-corrected chi connectivity index (χ4v) is 2.51. The van der Waals surface area contributed by atoms with Gasteiger partial charge in [0.05, 0.1) is 5.41 Å². The molecule has 0 spiro atoms. The summed E-state index contributed by atoms with van der Waals surface area (Å²) in [5.74, 6) is 0.913. The second-order valence-electron chi connectivity index (χ2n) is 7.34. The van der Waals surface area contributed by atoms with Crippen molar-refractivity contribution >= 4 is 5.91 Å². The van der Waals surface area contributed by atoms with E-state index in [-0.39, 0.29) is 5.91 Å². The normalized spacial score (nSPS) is 19.1. The number of carbonyl (C=O) groups is 1. The Morgan fingerprint density at radius 2 is 1.68 bits per heavy atom. The van der Waals surface area contributed by atoms with Crippen LogP contribution in [0.3, 0.4) is 0 Å². The maximum absolute atomic E-state index is 12.6. The molecule has 4 heteroatoms. The van der Waals surface area contributed by atoms with E-state index in [9.17, 15) is 4.79 Å². The van der Waals surface area contributed by atoms with Gasteiger partial charge >= 0.3 is 0 Å². The van der Waals surface area contributed by atoms with Gasteiger partial charge in [-0.25, -0.2) is 0 Å². The Balaban J connectivity index is 2.59. The van der Waals surface area contributed by atoms with Crippen LogP contribution in [0.2, 0.25) is 0 Å². The first-order valence-electron chi connectivity index (χ1n) is 7.28. The minimum Gasteiger partial charge on any atom is -0.342 e. The van der Waals surface area contributed by atoms with Crippen LogP contribution >= 0.6 is 0 Å². The van der Waals surface area contributed by atoms with Gasteiger partial charge in [-0.3, -0.25) is 4.79 Å². The number of amides is 1. The molecule has 1 saturated heterocycles. The average Bonchev–Trinajstić information content (AvgIpc) is 2.26. The van der Waals surface area contributed by atoms with Gasteiger partial charge in [-0.2, -0.15) is 0 Å². The summed E-state index contributed by atoms with van der Waals surface area (Å²) in [6.45, 7) is 10.7. The summed E-state index contributed by atoms with van der Waals surface area (Å²) in [5, 5.41) is 0. The van der Waals surface area contributed by atoms with Gasteiger partial charge in [0, 0.05) is 25.2 Å². The molecule has 1 rings (SSSR count). The molecule has 0 aromatic rings. The van der Waals surface area contributed by atoms with Gasteiger partial charge in [0.2, 0.25) is 5.91 Å². The third-order valence-corrected chi connectivity index (χ3v) is 4.67. The van der Waals surface area contributed by atoms with E-state index in [0.29, 0.717) is 5.92 Å². The second kappa shape index (κ2) is 5.80. The zero-order chi connectivity index (χ0) is 14.8. The highest BCUT2D eigenvalue weighted by Crippen LogP contribution is 2.32. The van der Waals surface area contributed by atoms with Crippen molar-refractivity contribution in [2.75, 3.05) is 33.7 Å². The van der Waals surface area contributed by atoms with Crippen molar-refractivity contribution < 1.29 is 4.79 Å². The predicted molar refractivity (Wildman–Crippen MR) is 79.9 cm³/mol. The maximum Gasteiger partial charge on any atom is 0.230 e. The number of hydrogen-bond donors (Lipinski definition) is 1. The fraction of sp³-hybridized carbons (Fsp3) is 0.933. The van der Waals surface area contributed by atoms with Crippen LogP contribution < -0.4 is 5.73 Å². The summed E-state index contributed by atoms with van der Waals surface area (Å²) in [4.78, 5) is 16.9. The van der Waals surface area contributed by atoms with E-state index in [4.69, 9.17) is 5.73 Å². The standard InChI is InChI=1S/C15H31N3O/c1-14(2,15(3,4)16)13(19)18-9-7-12(8-10-18)11-17(5)6/h12H,7-11,16H2,1-6H3. The smallest absolute Gasteiger partial charge is 0.230 e. The topological polar surface area (TPSA) is 49.6 Å². The van der Waals surface area contributed by atoms with Gasteiger partial charge in [0.1, 0.15) is 0 Å². The van der Waals surface area contributed by atoms with E-state index in [2.05, 4.69) is 19.0 Å². The molecule has 0 aromatic carbocycles. The van der Waals surface area contributed by atoms with Gasteiger partial charge in [-0.15, -0.1) is 0 Å². The molecule has 1 heterocycles. The van der Waals surface area contributed by atoms with Crippen molar-refractivity contribution in [1.82, 2.24) is 9.80 Å². The van der Waals surface area contributed by atoms with E-state index in [1.165, 1.54) is 0 Å². The monoisotopic (exact) mass is 269 g/mol. The number of rotatable bonds is 4. The summed E-state index contributed by atoms with van der Waals surface area (Å²) < 4.78 is 0. The molecular formula is C15H31N3O. The molecule has 4 nitrogen and oxygen atoms in total. The van der Waals surface area contributed by atoms with Crippen LogP contribution in [0.4, 0.5) is 0 Å². The van der Waals surface area contributed by atoms with Gasteiger partial charge in [0.15, 0.2) is 0 Å². The minimum absolute atomic E-state index is 0.198. The molecule has 0 saturated carbocycles. The van der Waals surface area contributed by atoms with Gasteiger partial charge in [-0.05, 0) is 60.5 Å². The Morgan fingerprint density at radius 3 is 2.05 bits per heavy atom. The Labute approximate surface area is 118 Å². The quantitative estimate of drug-likeness (QED) is 0.842. The molecule has 1 fully saturated rings. The Morgan fingerprint density at radius 1 is 1.21 bits per heavy atom. The molecule has 1 amide bonds. The number of carbonyl (C=O) groups excluding carboxylic acids is 1. The maximum atomic E-state index is 12.6. The third kappa shape index (κ3) is 3.93. The SMILES string of the molecule is CN(C)CC1CCN(C(=O)C(C)(C)C(C)(C)N)CC1. The van der Waals surface area contributed by atoms with Crippen LogP contribution in [0.15, 0.2) is 0 Å². The van der Waals surface area contributed by atoms with Crippen molar-refractivity contribution in [3.8, 4) is 0 Å². The molecule has 0 unspecified atom stereocenters. The molecule has 0 aliphatic carbocycles. The highest BCUT2D eigenvalue weighted by atomic mass is 16.2. The summed E-state index contributed by atoms with van der Waals surface area (Å²) in [7, 11) is 4.22. The van der Waals surface area contributed by atoms with E-state index in [0.717, 1.165) is 32.5 Å². The van der Waals surface area contributed by atoms with Crippen LogP contribution in [0.5, 0.6) is 0 Å². The zero-order valence-electron chi connectivity index (χ0n) is 13.5. The van der Waals surface area contributed by atoms with Gasteiger partial charge in [0.25, 0.3) is 0 Å². The van der Waals surface area contributed by atoms with Crippen molar-refractivity contribution in [1.29, 1.82) is 0 Å². The molecule has 0 atom stereocenters. The third-order valence-electron chi connectivity index (χ3n) is 4.67. The van der Waals surface area contributed by atoms with E-state index in [1.54, 1.807) is 0 Å². The number of hydrogen-bond acceptors (Lipinski definition) is 3. The zero-order valence-corrected chi connectivity index (χ0v) is 13.5. The van der Waals surface area contributed by atoms with Crippen molar-refractivity contribution in [2.45, 2.75) is 46.1 Å². The lowest BCUT2D eigenvalue weighted by atomic mass is 9.73. The van der Waals surface area contributed by atoms with Crippen LogP contribution in [0.25, 0.3) is 0 Å². The first-order chi connectivity index (χ1) is 8.55. The van der Waals surface area contributed by atoms with Gasteiger partial charge in [-0.1, -0.05) is 0 Å². The van der Waals surface area contributed by atoms with Gasteiger partial charge < -0.3 is 15.5 Å². The minimum atomic E-state index is -0.513. The summed E-state index contributed by atoms with van der Waals surface area (Å²) in [5.41, 5.74) is 5.15. The molecule has 19 heavy (non-hydrogen) atoms. The van der Waals surface area contributed by atoms with Crippen LogP contribution in [0.1, 0.15) is 40.5 Å². The molecule has 1 aliphatic heterocycles. The lowest BCUT2D eigenvalue weighted by molar-refractivity contribution is -0.145. The molecule has 1 aliphatic rings. The van der Waals surface area contributed by atoms with Crippen LogP contribution in [0, 0.1) is 11.3 Å². The van der Waals surface area contributed by atoms with Crippen molar-refractivity contribution in [3.63, 3.8) is 0 Å². The largest absolute Gasteiger partial charge is 0.342 e. The fourth-order valence-electron chi connectivity index (χ4n) is 2.51. The summed E-state index contributed by atoms with van der Waals surface area (Å²) >= 11 is 0. The van der Waals surface area contributed by atoms with Crippen LogP contribution in [-0.2, 0) is 4.79 Å². The Kier molecular flexibility index (Phi) is 5.02. The Hall–Kier alpha value is -0.610. The van der Waals surface area contributed by atoms with E-state index < -0.39 is 11.0 Å². The first kappa shape index (κ1) is 16.4. The highest BCUT2D eigenvalue weighted by molar-refractivity contribution is 5.83. The summed E-state index contributed by atoms with van der Waals surface area (Å²) in [6.07, 6.45) is 2.20. The lowest BCUT2D eigenvalue weighted by Crippen LogP contribution is -2.57. The number of likely N-dealkylation sites (tertiary alicyclic amines) is 1. The molecule has 0 aromatic heterocycles. The molecule has 0 radical (unpaired) electrons. The molecular weight excluding hydrogens is 238 g/mol. The average molecular weight is 269 g/mol. The lowest BCUT2D eigenvalue weighted by Gasteiger charge is -2.43. The second-order valence-corrected chi connectivity index (χ2v) is 7.34. The first-order valence-corrected chi connectivity index (χ1v) is 7.28. The van der Waals surface area contributed by atoms with E-state index in [1.807, 2.05) is 32.6 Å². The van der Waals surface area contributed by atoms with Crippen molar-refractivity contribution in [3.05, 3.63) is 0 Å². The molecule has 0 bridgehead atoms. The molecule has 2 N–H and O–H groups in total. The number of nitrogens with two attached hydrogens (primary N) is 1. The van der Waals surface area contributed by atoms with E-state index >= 15 is 0 Å². The number of piperidine rings is 1. The van der Waals surface area contributed by atoms with Crippen LogP contribution in [-0.4, -0.2) is 55.0 Å². The summed E-state index contributed by atoms with van der Waals surface area (Å²) in [6, 6.07) is 0. The highest BCUT2D eigenvalue weighted by Gasteiger charge is 2.43. The Bertz CT molecular complexity index is 310. The predicted octanol–water partition coefficient (Wildman–Crippen LogP) is 1.55.